The van der Waals surface area contributed by atoms with Gasteiger partial charge < -0.3 is 5.32 Å². The molecule has 0 saturated heterocycles. The first kappa shape index (κ1) is 15.3. The summed E-state index contributed by atoms with van der Waals surface area (Å²) in [6.45, 7) is 2.96. The summed E-state index contributed by atoms with van der Waals surface area (Å²) in [6, 6.07) is 5.82. The molecule has 1 aliphatic carbocycles. The lowest BCUT2D eigenvalue weighted by Crippen LogP contribution is -2.22. The molecule has 2 aromatic rings. The van der Waals surface area contributed by atoms with Crippen molar-refractivity contribution in [3.8, 4) is 0 Å². The molecule has 0 fully saturated rings. The lowest BCUT2D eigenvalue weighted by Gasteiger charge is -2.17. The van der Waals surface area contributed by atoms with Gasteiger partial charge >= 0.3 is 0 Å². The van der Waals surface area contributed by atoms with Gasteiger partial charge in [0, 0.05) is 4.88 Å². The fraction of sp³-hybridized carbons (Fsp3) is 0.438. The van der Waals surface area contributed by atoms with E-state index in [1.165, 1.54) is 23.4 Å². The average molecular weight is 341 g/mol. The maximum atomic E-state index is 6.41. The Hall–Kier alpha value is -0.610. The lowest BCUT2D eigenvalue weighted by atomic mass is 10.0. The largest absolute Gasteiger partial charge is 0.304 e. The Bertz CT molecular complexity index is 616. The predicted molar refractivity (Wildman–Crippen MR) is 90.7 cm³/mol. The quantitative estimate of drug-likeness (QED) is 0.844. The second kappa shape index (κ2) is 6.66. The lowest BCUT2D eigenvalue weighted by molar-refractivity contribution is 0.621. The number of benzene rings is 1. The van der Waals surface area contributed by atoms with Crippen LogP contribution in [0.3, 0.4) is 0 Å². The van der Waals surface area contributed by atoms with E-state index < -0.39 is 0 Å². The monoisotopic (exact) mass is 340 g/mol. The van der Waals surface area contributed by atoms with Gasteiger partial charge in [-0.15, -0.1) is 11.3 Å². The molecule has 112 valence electrons. The molecule has 1 aliphatic rings. The highest BCUT2D eigenvalue weighted by Gasteiger charge is 2.24. The number of rotatable bonds is 4. The van der Waals surface area contributed by atoms with E-state index in [0.717, 1.165) is 30.0 Å². The SMILES string of the molecule is CCNC(c1nc2c(s1)CCCC2)c1cccc(Cl)c1Cl. The van der Waals surface area contributed by atoms with Crippen LogP contribution in [0.2, 0.25) is 10.0 Å². The minimum atomic E-state index is 0.0248. The van der Waals surface area contributed by atoms with E-state index in [-0.39, 0.29) is 6.04 Å². The summed E-state index contributed by atoms with van der Waals surface area (Å²) < 4.78 is 0. The molecule has 0 aliphatic heterocycles. The first-order chi connectivity index (χ1) is 10.2. The highest BCUT2D eigenvalue weighted by atomic mass is 35.5. The fourth-order valence-electron chi connectivity index (χ4n) is 2.77. The van der Waals surface area contributed by atoms with Gasteiger partial charge in [-0.1, -0.05) is 42.3 Å². The highest BCUT2D eigenvalue weighted by molar-refractivity contribution is 7.11. The Balaban J connectivity index is 2.01. The van der Waals surface area contributed by atoms with Crippen molar-refractivity contribution in [2.75, 3.05) is 6.54 Å². The van der Waals surface area contributed by atoms with Gasteiger partial charge in [0.15, 0.2) is 0 Å². The fourth-order valence-corrected chi connectivity index (χ4v) is 4.44. The summed E-state index contributed by atoms with van der Waals surface area (Å²) in [5, 5.41) is 5.82. The summed E-state index contributed by atoms with van der Waals surface area (Å²) in [6.07, 6.45) is 4.79. The number of aromatic nitrogens is 1. The van der Waals surface area contributed by atoms with Crippen molar-refractivity contribution in [1.29, 1.82) is 0 Å². The van der Waals surface area contributed by atoms with Crippen LogP contribution in [-0.2, 0) is 12.8 Å². The van der Waals surface area contributed by atoms with Gasteiger partial charge in [-0.3, -0.25) is 0 Å². The van der Waals surface area contributed by atoms with Crippen LogP contribution >= 0.6 is 34.5 Å². The number of hydrogen-bond acceptors (Lipinski definition) is 3. The Labute approximate surface area is 139 Å². The van der Waals surface area contributed by atoms with Crippen LogP contribution in [0.4, 0.5) is 0 Å². The van der Waals surface area contributed by atoms with Gasteiger partial charge in [-0.05, 0) is 43.9 Å². The molecule has 21 heavy (non-hydrogen) atoms. The first-order valence-electron chi connectivity index (χ1n) is 7.36. The summed E-state index contributed by atoms with van der Waals surface area (Å²) in [5.74, 6) is 0. The molecule has 0 saturated carbocycles. The predicted octanol–water partition coefficient (Wildman–Crippen LogP) is 5.03. The van der Waals surface area contributed by atoms with E-state index in [2.05, 4.69) is 12.2 Å². The average Bonchev–Trinajstić information content (AvgIpc) is 2.91. The van der Waals surface area contributed by atoms with Crippen molar-refractivity contribution in [2.45, 2.75) is 38.6 Å². The molecule has 0 amide bonds. The van der Waals surface area contributed by atoms with Gasteiger partial charge in [-0.2, -0.15) is 0 Å². The molecule has 0 spiro atoms. The summed E-state index contributed by atoms with van der Waals surface area (Å²) in [5.41, 5.74) is 2.29. The van der Waals surface area contributed by atoms with Crippen LogP contribution in [0.15, 0.2) is 18.2 Å². The van der Waals surface area contributed by atoms with Crippen molar-refractivity contribution >= 4 is 34.5 Å². The first-order valence-corrected chi connectivity index (χ1v) is 8.93. The van der Waals surface area contributed by atoms with Crippen LogP contribution in [0.25, 0.3) is 0 Å². The summed E-state index contributed by atoms with van der Waals surface area (Å²) in [4.78, 5) is 6.31. The smallest absolute Gasteiger partial charge is 0.115 e. The molecule has 0 radical (unpaired) electrons. The Morgan fingerprint density at radius 1 is 1.29 bits per heavy atom. The summed E-state index contributed by atoms with van der Waals surface area (Å²) in [7, 11) is 0. The molecule has 1 atom stereocenters. The van der Waals surface area contributed by atoms with E-state index in [4.69, 9.17) is 28.2 Å². The van der Waals surface area contributed by atoms with E-state index in [1.54, 1.807) is 0 Å². The van der Waals surface area contributed by atoms with Gasteiger partial charge in [0.05, 0.1) is 21.8 Å². The van der Waals surface area contributed by atoms with Crippen molar-refractivity contribution in [2.24, 2.45) is 0 Å². The molecule has 1 aromatic carbocycles. The third kappa shape index (κ3) is 3.11. The molecule has 5 heteroatoms. The van der Waals surface area contributed by atoms with Gasteiger partial charge in [0.25, 0.3) is 0 Å². The number of hydrogen-bond donors (Lipinski definition) is 1. The van der Waals surface area contributed by atoms with Crippen molar-refractivity contribution < 1.29 is 0 Å². The van der Waals surface area contributed by atoms with Crippen LogP contribution < -0.4 is 5.32 Å². The second-order valence-electron chi connectivity index (χ2n) is 5.26. The third-order valence-electron chi connectivity index (χ3n) is 3.81. The number of aryl methyl sites for hydroxylation is 2. The molecule has 3 rings (SSSR count). The summed E-state index contributed by atoms with van der Waals surface area (Å²) >= 11 is 14.4. The van der Waals surface area contributed by atoms with Crippen molar-refractivity contribution in [3.63, 3.8) is 0 Å². The molecule has 2 nitrogen and oxygen atoms in total. The third-order valence-corrected chi connectivity index (χ3v) is 5.87. The maximum absolute atomic E-state index is 6.41. The Morgan fingerprint density at radius 3 is 2.86 bits per heavy atom. The van der Waals surface area contributed by atoms with Crippen LogP contribution in [0, 0.1) is 0 Å². The van der Waals surface area contributed by atoms with E-state index >= 15 is 0 Å². The van der Waals surface area contributed by atoms with E-state index in [9.17, 15) is 0 Å². The number of nitrogens with one attached hydrogen (secondary N) is 1. The highest BCUT2D eigenvalue weighted by Crippen LogP contribution is 2.37. The van der Waals surface area contributed by atoms with Gasteiger partial charge in [0.2, 0.25) is 0 Å². The van der Waals surface area contributed by atoms with E-state index in [0.29, 0.717) is 10.0 Å². The number of thiazole rings is 1. The number of halogens is 2. The minimum Gasteiger partial charge on any atom is -0.304 e. The maximum Gasteiger partial charge on any atom is 0.115 e. The number of nitrogens with zero attached hydrogens (tertiary/aromatic N) is 1. The normalized spacial score (nSPS) is 15.8. The van der Waals surface area contributed by atoms with Crippen LogP contribution in [-0.4, -0.2) is 11.5 Å². The Morgan fingerprint density at radius 2 is 2.10 bits per heavy atom. The van der Waals surface area contributed by atoms with Crippen molar-refractivity contribution in [3.05, 3.63) is 49.4 Å². The molecular formula is C16H18Cl2N2S. The standard InChI is InChI=1S/C16H18Cl2N2S/c1-2-19-15(10-6-5-7-11(17)14(10)18)16-20-12-8-3-4-9-13(12)21-16/h5-7,15,19H,2-4,8-9H2,1H3. The Kier molecular flexibility index (Phi) is 4.85. The molecule has 0 bridgehead atoms. The topological polar surface area (TPSA) is 24.9 Å². The molecule has 1 unspecified atom stereocenters. The second-order valence-corrected chi connectivity index (χ2v) is 7.16. The molecular weight excluding hydrogens is 323 g/mol. The van der Waals surface area contributed by atoms with E-state index in [1.807, 2.05) is 29.5 Å². The zero-order valence-electron chi connectivity index (χ0n) is 12.0. The zero-order chi connectivity index (χ0) is 14.8. The van der Waals surface area contributed by atoms with Crippen LogP contribution in [0.1, 0.15) is 46.9 Å². The number of fused-ring (bicyclic) bond motifs is 1. The molecule has 1 heterocycles. The molecule has 1 aromatic heterocycles. The minimum absolute atomic E-state index is 0.0248. The molecule has 1 N–H and O–H groups in total. The van der Waals surface area contributed by atoms with Gasteiger partial charge in [-0.25, -0.2) is 4.98 Å². The zero-order valence-corrected chi connectivity index (χ0v) is 14.3. The van der Waals surface area contributed by atoms with Gasteiger partial charge in [0.1, 0.15) is 5.01 Å². The van der Waals surface area contributed by atoms with Crippen molar-refractivity contribution in [1.82, 2.24) is 10.3 Å². The van der Waals surface area contributed by atoms with Crippen LogP contribution in [0.5, 0.6) is 0 Å².